The molecule has 1 heterocycles. The third-order valence-corrected chi connectivity index (χ3v) is 4.19. The minimum Gasteiger partial charge on any atom is -0.328 e. The summed E-state index contributed by atoms with van der Waals surface area (Å²) >= 11 is 0. The molecule has 2 aromatic rings. The Kier molecular flexibility index (Phi) is 4.23. The fourth-order valence-electron chi connectivity index (χ4n) is 2.58. The topological polar surface area (TPSA) is 60.9 Å². The van der Waals surface area contributed by atoms with Gasteiger partial charge in [0.2, 0.25) is 0 Å². The first kappa shape index (κ1) is 14.7. The number of Topliss-reactive ketones (excluding diaryl/α,β-unsaturated/α-hetero) is 1. The van der Waals surface area contributed by atoms with Crippen molar-refractivity contribution < 1.29 is 4.79 Å². The van der Waals surface area contributed by atoms with Gasteiger partial charge in [-0.2, -0.15) is 0 Å². The van der Waals surface area contributed by atoms with Crippen LogP contribution in [-0.2, 0) is 17.8 Å². The fraction of sp³-hybridized carbons (Fsp3) is 0.500. The fourth-order valence-corrected chi connectivity index (χ4v) is 2.58. The Hall–Kier alpha value is -1.68. The van der Waals surface area contributed by atoms with Crippen LogP contribution in [-0.4, -0.2) is 20.9 Å². The summed E-state index contributed by atoms with van der Waals surface area (Å²) in [5.41, 5.74) is 7.48. The van der Waals surface area contributed by atoms with E-state index in [0.717, 1.165) is 23.4 Å². The highest BCUT2D eigenvalue weighted by Gasteiger charge is 2.30. The van der Waals surface area contributed by atoms with E-state index in [-0.39, 0.29) is 5.78 Å². The summed E-state index contributed by atoms with van der Waals surface area (Å²) < 4.78 is 2.10. The number of nitrogens with two attached hydrogens (primary N) is 1. The lowest BCUT2D eigenvalue weighted by Crippen LogP contribution is -2.47. The number of rotatable bonds is 6. The number of aromatic nitrogens is 2. The van der Waals surface area contributed by atoms with E-state index < -0.39 is 5.54 Å². The molecule has 0 aliphatic rings. The smallest absolute Gasteiger partial charge is 0.160 e. The van der Waals surface area contributed by atoms with Crippen molar-refractivity contribution in [2.45, 2.75) is 52.1 Å². The largest absolute Gasteiger partial charge is 0.328 e. The summed E-state index contributed by atoms with van der Waals surface area (Å²) in [4.78, 5) is 17.1. The number of benzene rings is 1. The highest BCUT2D eigenvalue weighted by Crippen LogP contribution is 2.20. The first-order chi connectivity index (χ1) is 9.55. The van der Waals surface area contributed by atoms with E-state index in [4.69, 9.17) is 5.73 Å². The maximum Gasteiger partial charge on any atom is 0.160 e. The van der Waals surface area contributed by atoms with Crippen LogP contribution in [0.15, 0.2) is 24.3 Å². The number of hydrogen-bond donors (Lipinski definition) is 1. The Bertz CT molecular complexity index is 611. The molecule has 0 atom stereocenters. The molecule has 1 aromatic heterocycles. The SMILES string of the molecule is CCn1c(CC(=O)C(N)(CC)CC)nc2ccccc21. The van der Waals surface area contributed by atoms with Crippen molar-refractivity contribution >= 4 is 16.8 Å². The number of imidazole rings is 1. The first-order valence-electron chi connectivity index (χ1n) is 7.32. The van der Waals surface area contributed by atoms with E-state index >= 15 is 0 Å². The molecule has 1 aromatic carbocycles. The zero-order valence-corrected chi connectivity index (χ0v) is 12.5. The van der Waals surface area contributed by atoms with E-state index in [2.05, 4.69) is 16.5 Å². The lowest BCUT2D eigenvalue weighted by atomic mass is 9.87. The zero-order valence-electron chi connectivity index (χ0n) is 12.5. The van der Waals surface area contributed by atoms with Gasteiger partial charge in [0.05, 0.1) is 23.0 Å². The van der Waals surface area contributed by atoms with E-state index in [1.165, 1.54) is 0 Å². The van der Waals surface area contributed by atoms with Crippen molar-refractivity contribution in [3.63, 3.8) is 0 Å². The van der Waals surface area contributed by atoms with Crippen LogP contribution in [0.2, 0.25) is 0 Å². The third kappa shape index (κ3) is 2.48. The van der Waals surface area contributed by atoms with Gasteiger partial charge in [-0.25, -0.2) is 4.98 Å². The van der Waals surface area contributed by atoms with Gasteiger partial charge in [0.15, 0.2) is 5.78 Å². The lowest BCUT2D eigenvalue weighted by molar-refractivity contribution is -0.123. The average Bonchev–Trinajstić information content (AvgIpc) is 2.83. The molecule has 0 saturated carbocycles. The maximum atomic E-state index is 12.5. The molecule has 0 fully saturated rings. The minimum atomic E-state index is -0.725. The lowest BCUT2D eigenvalue weighted by Gasteiger charge is -2.24. The van der Waals surface area contributed by atoms with Crippen molar-refractivity contribution in [1.29, 1.82) is 0 Å². The predicted octanol–water partition coefficient (Wildman–Crippen LogP) is 2.69. The molecule has 0 bridgehead atoms. The molecule has 0 amide bonds. The molecule has 0 spiro atoms. The van der Waals surface area contributed by atoms with E-state index in [1.807, 2.05) is 38.1 Å². The van der Waals surface area contributed by atoms with E-state index in [9.17, 15) is 4.79 Å². The molecule has 2 N–H and O–H groups in total. The Balaban J connectivity index is 2.36. The number of carbonyl (C=O) groups is 1. The molecule has 0 saturated heterocycles. The molecule has 0 unspecified atom stereocenters. The van der Waals surface area contributed by atoms with Crippen LogP contribution in [0.1, 0.15) is 39.4 Å². The second kappa shape index (κ2) is 5.75. The Morgan fingerprint density at radius 1 is 1.25 bits per heavy atom. The van der Waals surface area contributed by atoms with Gasteiger partial charge in [-0.15, -0.1) is 0 Å². The first-order valence-corrected chi connectivity index (χ1v) is 7.32. The number of para-hydroxylation sites is 2. The summed E-state index contributed by atoms with van der Waals surface area (Å²) in [5, 5.41) is 0. The van der Waals surface area contributed by atoms with Crippen LogP contribution in [0.4, 0.5) is 0 Å². The normalized spacial score (nSPS) is 12.0. The van der Waals surface area contributed by atoms with Crippen molar-refractivity contribution in [2.24, 2.45) is 5.73 Å². The van der Waals surface area contributed by atoms with Gasteiger partial charge in [-0.1, -0.05) is 26.0 Å². The molecule has 0 aliphatic heterocycles. The van der Waals surface area contributed by atoms with Crippen LogP contribution in [0, 0.1) is 0 Å². The van der Waals surface area contributed by atoms with Gasteiger partial charge in [0.1, 0.15) is 5.82 Å². The summed E-state index contributed by atoms with van der Waals surface area (Å²) in [6.07, 6.45) is 1.63. The standard InChI is InChI=1S/C16H23N3O/c1-4-16(17,5-2)14(20)11-15-18-12-9-7-8-10-13(12)19(15)6-3/h7-10H,4-6,11,17H2,1-3H3. The molecule has 4 nitrogen and oxygen atoms in total. The molecular weight excluding hydrogens is 250 g/mol. The Morgan fingerprint density at radius 2 is 1.90 bits per heavy atom. The number of nitrogens with zero attached hydrogens (tertiary/aromatic N) is 2. The van der Waals surface area contributed by atoms with Crippen molar-refractivity contribution in [2.75, 3.05) is 0 Å². The van der Waals surface area contributed by atoms with Crippen LogP contribution >= 0.6 is 0 Å². The summed E-state index contributed by atoms with van der Waals surface area (Å²) in [6, 6.07) is 7.97. The quantitative estimate of drug-likeness (QED) is 0.880. The number of carbonyl (C=O) groups excluding carboxylic acids is 1. The number of hydrogen-bond acceptors (Lipinski definition) is 3. The van der Waals surface area contributed by atoms with Crippen LogP contribution < -0.4 is 5.73 Å². The van der Waals surface area contributed by atoms with Gasteiger partial charge >= 0.3 is 0 Å². The molecular formula is C16H23N3O. The number of aryl methyl sites for hydroxylation is 1. The highest BCUT2D eigenvalue weighted by molar-refractivity contribution is 5.90. The average molecular weight is 273 g/mol. The van der Waals surface area contributed by atoms with Crippen molar-refractivity contribution in [3.05, 3.63) is 30.1 Å². The Morgan fingerprint density at radius 3 is 2.50 bits per heavy atom. The number of ketones is 1. The van der Waals surface area contributed by atoms with Gasteiger partial charge in [-0.05, 0) is 31.9 Å². The third-order valence-electron chi connectivity index (χ3n) is 4.19. The van der Waals surface area contributed by atoms with Gasteiger partial charge in [0, 0.05) is 6.54 Å². The Labute approximate surface area is 120 Å². The zero-order chi connectivity index (χ0) is 14.8. The highest BCUT2D eigenvalue weighted by atomic mass is 16.1. The maximum absolute atomic E-state index is 12.5. The van der Waals surface area contributed by atoms with Crippen LogP contribution in [0.25, 0.3) is 11.0 Å². The molecule has 108 valence electrons. The summed E-state index contributed by atoms with van der Waals surface area (Å²) in [7, 11) is 0. The predicted molar refractivity (Wildman–Crippen MR) is 81.6 cm³/mol. The van der Waals surface area contributed by atoms with Crippen molar-refractivity contribution in [3.8, 4) is 0 Å². The second-order valence-corrected chi connectivity index (χ2v) is 5.22. The minimum absolute atomic E-state index is 0.0764. The molecule has 0 aliphatic carbocycles. The number of fused-ring (bicyclic) bond motifs is 1. The monoisotopic (exact) mass is 273 g/mol. The van der Waals surface area contributed by atoms with Gasteiger partial charge in [-0.3, -0.25) is 4.79 Å². The molecule has 2 rings (SSSR count). The van der Waals surface area contributed by atoms with Gasteiger partial charge in [0.25, 0.3) is 0 Å². The van der Waals surface area contributed by atoms with Crippen LogP contribution in [0.3, 0.4) is 0 Å². The second-order valence-electron chi connectivity index (χ2n) is 5.22. The van der Waals surface area contributed by atoms with Crippen LogP contribution in [0.5, 0.6) is 0 Å². The van der Waals surface area contributed by atoms with E-state index in [0.29, 0.717) is 19.3 Å². The van der Waals surface area contributed by atoms with Gasteiger partial charge < -0.3 is 10.3 Å². The van der Waals surface area contributed by atoms with E-state index in [1.54, 1.807) is 0 Å². The molecule has 0 radical (unpaired) electrons. The summed E-state index contributed by atoms with van der Waals surface area (Å²) in [6.45, 7) is 6.80. The molecule has 20 heavy (non-hydrogen) atoms. The molecule has 4 heteroatoms. The van der Waals surface area contributed by atoms with Crippen molar-refractivity contribution in [1.82, 2.24) is 9.55 Å². The summed E-state index contributed by atoms with van der Waals surface area (Å²) in [5.74, 6) is 0.892.